The highest BCUT2D eigenvalue weighted by atomic mass is 32.1. The molecule has 0 fully saturated rings. The molecule has 150 valence electrons. The fourth-order valence-electron chi connectivity index (χ4n) is 3.44. The molecule has 3 heterocycles. The first-order chi connectivity index (χ1) is 15.3. The van der Waals surface area contributed by atoms with Gasteiger partial charge < -0.3 is 9.15 Å². The highest BCUT2D eigenvalue weighted by Gasteiger charge is 2.18. The SMILES string of the molecule is c1ccc(COc2cccc(-c3nn4c(-c5cc6ccccc6o5)nnc4s3)c2)cc1. The Hall–Kier alpha value is -3.97. The summed E-state index contributed by atoms with van der Waals surface area (Å²) in [5, 5.41) is 15.2. The van der Waals surface area contributed by atoms with Gasteiger partial charge in [-0.05, 0) is 29.8 Å². The zero-order valence-electron chi connectivity index (χ0n) is 16.3. The minimum absolute atomic E-state index is 0.519. The highest BCUT2D eigenvalue weighted by molar-refractivity contribution is 7.19. The summed E-state index contributed by atoms with van der Waals surface area (Å²) < 4.78 is 13.6. The molecule has 0 bridgehead atoms. The van der Waals surface area contributed by atoms with E-state index in [1.54, 1.807) is 4.52 Å². The molecule has 0 saturated heterocycles. The molecule has 6 nitrogen and oxygen atoms in total. The smallest absolute Gasteiger partial charge is 0.235 e. The fraction of sp³-hybridized carbons (Fsp3) is 0.0417. The third-order valence-electron chi connectivity index (χ3n) is 4.97. The van der Waals surface area contributed by atoms with Gasteiger partial charge >= 0.3 is 0 Å². The van der Waals surface area contributed by atoms with Gasteiger partial charge in [-0.2, -0.15) is 9.61 Å². The topological polar surface area (TPSA) is 65.5 Å². The van der Waals surface area contributed by atoms with E-state index in [2.05, 4.69) is 10.2 Å². The Balaban J connectivity index is 1.31. The predicted molar refractivity (Wildman–Crippen MR) is 120 cm³/mol. The third kappa shape index (κ3) is 3.35. The summed E-state index contributed by atoms with van der Waals surface area (Å²) in [6.07, 6.45) is 0. The van der Waals surface area contributed by atoms with Gasteiger partial charge in [0.1, 0.15) is 22.9 Å². The third-order valence-corrected chi connectivity index (χ3v) is 5.91. The normalized spacial score (nSPS) is 11.4. The Bertz CT molecular complexity index is 1470. The summed E-state index contributed by atoms with van der Waals surface area (Å²) in [7, 11) is 0. The first kappa shape index (κ1) is 17.9. The van der Waals surface area contributed by atoms with E-state index < -0.39 is 0 Å². The summed E-state index contributed by atoms with van der Waals surface area (Å²) in [4.78, 5) is 0.709. The van der Waals surface area contributed by atoms with Crippen LogP contribution in [0.5, 0.6) is 5.75 Å². The molecule has 6 aromatic rings. The molecular weight excluding hydrogens is 408 g/mol. The van der Waals surface area contributed by atoms with E-state index in [9.17, 15) is 0 Å². The molecule has 6 rings (SSSR count). The Morgan fingerprint density at radius 3 is 2.65 bits per heavy atom. The molecular formula is C24H16N4O2S. The Morgan fingerprint density at radius 1 is 0.871 bits per heavy atom. The van der Waals surface area contributed by atoms with Crippen molar-refractivity contribution in [1.82, 2.24) is 19.8 Å². The van der Waals surface area contributed by atoms with E-state index >= 15 is 0 Å². The number of benzene rings is 3. The number of fused-ring (bicyclic) bond motifs is 2. The van der Waals surface area contributed by atoms with Crippen molar-refractivity contribution in [3.8, 4) is 27.9 Å². The quantitative estimate of drug-likeness (QED) is 0.348. The lowest BCUT2D eigenvalue weighted by atomic mass is 10.2. The molecule has 0 N–H and O–H groups in total. The molecule has 31 heavy (non-hydrogen) atoms. The second kappa shape index (κ2) is 7.37. The molecule has 0 radical (unpaired) electrons. The summed E-state index contributed by atoms with van der Waals surface area (Å²) in [5.41, 5.74) is 2.91. The Morgan fingerprint density at radius 2 is 1.74 bits per heavy atom. The van der Waals surface area contributed by atoms with Gasteiger partial charge in [0, 0.05) is 10.9 Å². The molecule has 0 unspecified atom stereocenters. The first-order valence-electron chi connectivity index (χ1n) is 9.82. The van der Waals surface area contributed by atoms with Gasteiger partial charge in [-0.25, -0.2) is 0 Å². The van der Waals surface area contributed by atoms with E-state index in [1.165, 1.54) is 11.3 Å². The number of para-hydroxylation sites is 1. The van der Waals surface area contributed by atoms with Crippen LogP contribution in [0.15, 0.2) is 89.3 Å². The van der Waals surface area contributed by atoms with Crippen molar-refractivity contribution in [1.29, 1.82) is 0 Å². The molecule has 3 aromatic carbocycles. The fourth-order valence-corrected chi connectivity index (χ4v) is 4.27. The number of rotatable bonds is 5. The largest absolute Gasteiger partial charge is 0.489 e. The van der Waals surface area contributed by atoms with Crippen LogP contribution in [0.1, 0.15) is 5.56 Å². The summed E-state index contributed by atoms with van der Waals surface area (Å²) >= 11 is 1.48. The van der Waals surface area contributed by atoms with Crippen LogP contribution in [-0.2, 0) is 6.61 Å². The summed E-state index contributed by atoms with van der Waals surface area (Å²) in [6.45, 7) is 0.519. The van der Waals surface area contributed by atoms with Crippen molar-refractivity contribution in [2.45, 2.75) is 6.61 Å². The highest BCUT2D eigenvalue weighted by Crippen LogP contribution is 2.32. The van der Waals surface area contributed by atoms with Gasteiger partial charge in [-0.15, -0.1) is 10.2 Å². The Kier molecular flexibility index (Phi) is 4.25. The second-order valence-electron chi connectivity index (χ2n) is 7.08. The van der Waals surface area contributed by atoms with Gasteiger partial charge in [0.15, 0.2) is 5.76 Å². The van der Waals surface area contributed by atoms with E-state index in [0.29, 0.717) is 23.2 Å². The van der Waals surface area contributed by atoms with Crippen LogP contribution in [0.4, 0.5) is 0 Å². The van der Waals surface area contributed by atoms with E-state index in [-0.39, 0.29) is 0 Å². The van der Waals surface area contributed by atoms with Gasteiger partial charge in [-0.3, -0.25) is 0 Å². The first-order valence-corrected chi connectivity index (χ1v) is 10.6. The average Bonchev–Trinajstić information content (AvgIpc) is 3.52. The minimum Gasteiger partial charge on any atom is -0.489 e. The number of ether oxygens (including phenoxy) is 1. The molecule has 0 atom stereocenters. The maximum absolute atomic E-state index is 5.96. The number of furan rings is 1. The molecule has 0 saturated carbocycles. The van der Waals surface area contributed by atoms with Gasteiger partial charge in [0.25, 0.3) is 0 Å². The van der Waals surface area contributed by atoms with E-state index in [4.69, 9.17) is 14.3 Å². The molecule has 0 amide bonds. The lowest BCUT2D eigenvalue weighted by Crippen LogP contribution is -1.95. The van der Waals surface area contributed by atoms with Crippen LogP contribution in [0.2, 0.25) is 0 Å². The van der Waals surface area contributed by atoms with Gasteiger partial charge in [-0.1, -0.05) is 72.0 Å². The van der Waals surface area contributed by atoms with Crippen LogP contribution in [0.3, 0.4) is 0 Å². The Labute approximate surface area is 181 Å². The number of hydrogen-bond acceptors (Lipinski definition) is 6. The van der Waals surface area contributed by atoms with Gasteiger partial charge in [0.2, 0.25) is 10.8 Å². The van der Waals surface area contributed by atoms with Crippen molar-refractivity contribution in [2.75, 3.05) is 0 Å². The monoisotopic (exact) mass is 424 g/mol. The zero-order valence-corrected chi connectivity index (χ0v) is 17.1. The van der Waals surface area contributed by atoms with Gasteiger partial charge in [0.05, 0.1) is 0 Å². The van der Waals surface area contributed by atoms with Crippen LogP contribution in [0.25, 0.3) is 38.1 Å². The van der Waals surface area contributed by atoms with Crippen LogP contribution < -0.4 is 4.74 Å². The lowest BCUT2D eigenvalue weighted by molar-refractivity contribution is 0.306. The van der Waals surface area contributed by atoms with Crippen molar-refractivity contribution < 1.29 is 9.15 Å². The van der Waals surface area contributed by atoms with Crippen molar-refractivity contribution >= 4 is 27.3 Å². The maximum Gasteiger partial charge on any atom is 0.235 e. The van der Waals surface area contributed by atoms with E-state index in [1.807, 2.05) is 84.9 Å². The lowest BCUT2D eigenvalue weighted by Gasteiger charge is -2.07. The molecule has 0 aliphatic carbocycles. The maximum atomic E-state index is 5.96. The number of aromatic nitrogens is 4. The predicted octanol–water partition coefficient (Wildman–Crippen LogP) is 5.85. The summed E-state index contributed by atoms with van der Waals surface area (Å²) in [6, 6.07) is 27.9. The second-order valence-corrected chi connectivity index (χ2v) is 8.03. The van der Waals surface area contributed by atoms with Crippen LogP contribution in [-0.4, -0.2) is 19.8 Å². The molecule has 3 aromatic heterocycles. The van der Waals surface area contributed by atoms with Crippen molar-refractivity contribution in [2.24, 2.45) is 0 Å². The molecule has 7 heteroatoms. The standard InChI is InChI=1S/C24H16N4O2S/c1-2-7-16(8-3-1)15-29-19-11-6-10-18(13-19)23-27-28-22(25-26-24(28)31-23)21-14-17-9-4-5-12-20(17)30-21/h1-14H,15H2. The average molecular weight is 424 g/mol. The summed E-state index contributed by atoms with van der Waals surface area (Å²) in [5.74, 6) is 2.03. The van der Waals surface area contributed by atoms with Crippen molar-refractivity contribution in [3.63, 3.8) is 0 Å². The van der Waals surface area contributed by atoms with Crippen LogP contribution in [0, 0.1) is 0 Å². The van der Waals surface area contributed by atoms with E-state index in [0.717, 1.165) is 32.9 Å². The number of hydrogen-bond donors (Lipinski definition) is 0. The molecule has 0 spiro atoms. The zero-order chi connectivity index (χ0) is 20.6. The van der Waals surface area contributed by atoms with Crippen LogP contribution >= 0.6 is 11.3 Å². The molecule has 0 aliphatic heterocycles. The molecule has 0 aliphatic rings. The van der Waals surface area contributed by atoms with Crippen molar-refractivity contribution in [3.05, 3.63) is 90.5 Å². The minimum atomic E-state index is 0.519. The number of nitrogens with zero attached hydrogens (tertiary/aromatic N) is 4.